The summed E-state index contributed by atoms with van der Waals surface area (Å²) < 4.78 is 4.77. The summed E-state index contributed by atoms with van der Waals surface area (Å²) >= 11 is 0. The first-order valence-corrected chi connectivity index (χ1v) is 7.58. The van der Waals surface area contributed by atoms with Gasteiger partial charge in [0.1, 0.15) is 11.0 Å². The van der Waals surface area contributed by atoms with E-state index in [1.807, 2.05) is 4.90 Å². The maximum Gasteiger partial charge on any atom is 0.409 e. The zero-order chi connectivity index (χ0) is 16.0. The smallest absolute Gasteiger partial charge is 0.409 e. The lowest BCUT2D eigenvalue weighted by Crippen LogP contribution is -2.35. The molecule has 3 heterocycles. The summed E-state index contributed by atoms with van der Waals surface area (Å²) in [5.41, 5.74) is 2.05. The molecule has 0 aliphatic carbocycles. The molecule has 120 valence electrons. The van der Waals surface area contributed by atoms with Crippen molar-refractivity contribution in [2.45, 2.75) is 0 Å². The number of amides is 2. The molecule has 1 aromatic heterocycles. The molecule has 2 amide bonds. The molecular formula is C15H17N5O3. The van der Waals surface area contributed by atoms with Gasteiger partial charge in [0, 0.05) is 43.6 Å². The van der Waals surface area contributed by atoms with E-state index in [1.165, 1.54) is 7.11 Å². The molecule has 0 spiro atoms. The van der Waals surface area contributed by atoms with E-state index in [0.29, 0.717) is 49.1 Å². The first kappa shape index (κ1) is 14.0. The molecule has 23 heavy (non-hydrogen) atoms. The Morgan fingerprint density at radius 2 is 1.74 bits per heavy atom. The maximum absolute atomic E-state index is 12.7. The first-order valence-electron chi connectivity index (χ1n) is 7.58. The van der Waals surface area contributed by atoms with Gasteiger partial charge in [-0.1, -0.05) is 0 Å². The second-order valence-electron chi connectivity index (χ2n) is 6.13. The van der Waals surface area contributed by atoms with Crippen LogP contribution in [-0.2, 0) is 4.74 Å². The summed E-state index contributed by atoms with van der Waals surface area (Å²) in [5, 5.41) is 10.6. The quantitative estimate of drug-likeness (QED) is 0.837. The highest BCUT2D eigenvalue weighted by molar-refractivity contribution is 5.97. The Labute approximate surface area is 132 Å². The number of aromatic nitrogens is 3. The Morgan fingerprint density at radius 1 is 1.09 bits per heavy atom. The number of aromatic amines is 1. The molecule has 2 aliphatic heterocycles. The Balaban J connectivity index is 1.46. The standard InChI is InChI=1S/C15H17N5O3/c1-23-15(22)20-7-10-5-19(6-11(10)8-20)14(21)9-2-3-12-13(4-9)17-18-16-12/h2-4,10-11H,5-8H2,1H3,(H,16,17,18)/t10-,11+. The van der Waals surface area contributed by atoms with Crippen LogP contribution in [0.2, 0.25) is 0 Å². The molecule has 8 nitrogen and oxygen atoms in total. The number of carbonyl (C=O) groups is 2. The molecule has 8 heteroatoms. The highest BCUT2D eigenvalue weighted by Crippen LogP contribution is 2.32. The van der Waals surface area contributed by atoms with Crippen LogP contribution in [0.3, 0.4) is 0 Å². The van der Waals surface area contributed by atoms with E-state index < -0.39 is 0 Å². The molecule has 1 N–H and O–H groups in total. The average molecular weight is 315 g/mol. The number of rotatable bonds is 1. The lowest BCUT2D eigenvalue weighted by molar-refractivity contribution is 0.0772. The summed E-state index contributed by atoms with van der Waals surface area (Å²) in [7, 11) is 1.40. The normalized spacial score (nSPS) is 23.3. The predicted octanol–water partition coefficient (Wildman–Crippen LogP) is 0.728. The van der Waals surface area contributed by atoms with Crippen molar-refractivity contribution in [3.8, 4) is 0 Å². The summed E-state index contributed by atoms with van der Waals surface area (Å²) in [6, 6.07) is 5.33. The van der Waals surface area contributed by atoms with Gasteiger partial charge in [-0.15, -0.1) is 0 Å². The molecule has 2 atom stereocenters. The van der Waals surface area contributed by atoms with Crippen LogP contribution in [0.25, 0.3) is 11.0 Å². The monoisotopic (exact) mass is 315 g/mol. The average Bonchev–Trinajstić information content (AvgIpc) is 3.26. The highest BCUT2D eigenvalue weighted by atomic mass is 16.5. The van der Waals surface area contributed by atoms with Crippen LogP contribution in [-0.4, -0.2) is 70.5 Å². The fourth-order valence-electron chi connectivity index (χ4n) is 3.59. The minimum Gasteiger partial charge on any atom is -0.453 e. The minimum atomic E-state index is -0.284. The van der Waals surface area contributed by atoms with Gasteiger partial charge < -0.3 is 14.5 Å². The lowest BCUT2D eigenvalue weighted by atomic mass is 10.0. The fraction of sp³-hybridized carbons (Fsp3) is 0.467. The van der Waals surface area contributed by atoms with Gasteiger partial charge in [0.05, 0.1) is 7.11 Å². The second kappa shape index (κ2) is 5.22. The number of fused-ring (bicyclic) bond motifs is 2. The molecular weight excluding hydrogens is 298 g/mol. The molecule has 1 aromatic carbocycles. The lowest BCUT2D eigenvalue weighted by Gasteiger charge is -2.21. The largest absolute Gasteiger partial charge is 0.453 e. The van der Waals surface area contributed by atoms with Crippen LogP contribution in [0.4, 0.5) is 4.79 Å². The van der Waals surface area contributed by atoms with Gasteiger partial charge in [-0.2, -0.15) is 15.4 Å². The molecule has 2 saturated heterocycles. The Kier molecular flexibility index (Phi) is 3.17. The number of nitrogens with one attached hydrogen (secondary N) is 1. The number of likely N-dealkylation sites (tertiary alicyclic amines) is 2. The van der Waals surface area contributed by atoms with Crippen molar-refractivity contribution in [3.63, 3.8) is 0 Å². The Bertz CT molecular complexity index is 759. The SMILES string of the molecule is COC(=O)N1C[C@@H]2CN(C(=O)c3ccc4n[nH]nc4c3)C[C@@H]2C1. The maximum atomic E-state index is 12.7. The summed E-state index contributed by atoms with van der Waals surface area (Å²) in [5.74, 6) is 0.664. The third kappa shape index (κ3) is 2.30. The van der Waals surface area contributed by atoms with Gasteiger partial charge in [0.15, 0.2) is 0 Å². The van der Waals surface area contributed by atoms with E-state index in [-0.39, 0.29) is 12.0 Å². The second-order valence-corrected chi connectivity index (χ2v) is 6.13. The molecule has 0 bridgehead atoms. The van der Waals surface area contributed by atoms with Gasteiger partial charge in [0.2, 0.25) is 0 Å². The number of hydrogen-bond acceptors (Lipinski definition) is 5. The van der Waals surface area contributed by atoms with Crippen molar-refractivity contribution < 1.29 is 14.3 Å². The van der Waals surface area contributed by atoms with Gasteiger partial charge in [0.25, 0.3) is 5.91 Å². The Morgan fingerprint density at radius 3 is 2.43 bits per heavy atom. The molecule has 0 unspecified atom stereocenters. The third-order valence-electron chi connectivity index (χ3n) is 4.77. The van der Waals surface area contributed by atoms with E-state index in [4.69, 9.17) is 4.74 Å². The third-order valence-corrected chi connectivity index (χ3v) is 4.77. The number of nitrogens with zero attached hydrogens (tertiary/aromatic N) is 4. The Hall–Kier alpha value is -2.64. The van der Waals surface area contributed by atoms with E-state index in [2.05, 4.69) is 15.4 Å². The number of hydrogen-bond donors (Lipinski definition) is 1. The number of carbonyl (C=O) groups excluding carboxylic acids is 2. The molecule has 4 rings (SSSR count). The van der Waals surface area contributed by atoms with Crippen molar-refractivity contribution in [1.82, 2.24) is 25.2 Å². The minimum absolute atomic E-state index is 0.00826. The van der Waals surface area contributed by atoms with Gasteiger partial charge >= 0.3 is 6.09 Å². The van der Waals surface area contributed by atoms with Crippen molar-refractivity contribution in [2.24, 2.45) is 11.8 Å². The van der Waals surface area contributed by atoms with E-state index >= 15 is 0 Å². The van der Waals surface area contributed by atoms with Crippen LogP contribution in [0.1, 0.15) is 10.4 Å². The summed E-state index contributed by atoms with van der Waals surface area (Å²) in [4.78, 5) is 27.9. The van der Waals surface area contributed by atoms with Crippen LogP contribution >= 0.6 is 0 Å². The highest BCUT2D eigenvalue weighted by Gasteiger charge is 2.43. The van der Waals surface area contributed by atoms with Gasteiger partial charge in [-0.25, -0.2) is 4.79 Å². The summed E-state index contributed by atoms with van der Waals surface area (Å²) in [6.07, 6.45) is -0.284. The number of H-pyrrole nitrogens is 1. The van der Waals surface area contributed by atoms with E-state index in [1.54, 1.807) is 23.1 Å². The molecule has 2 aliphatic rings. The molecule has 0 radical (unpaired) electrons. The topological polar surface area (TPSA) is 91.4 Å². The number of ether oxygens (including phenoxy) is 1. The molecule has 2 aromatic rings. The molecule has 0 saturated carbocycles. The zero-order valence-corrected chi connectivity index (χ0v) is 12.7. The van der Waals surface area contributed by atoms with Gasteiger partial charge in [-0.05, 0) is 18.2 Å². The zero-order valence-electron chi connectivity index (χ0n) is 12.7. The van der Waals surface area contributed by atoms with Crippen molar-refractivity contribution in [2.75, 3.05) is 33.3 Å². The van der Waals surface area contributed by atoms with Crippen molar-refractivity contribution in [3.05, 3.63) is 23.8 Å². The van der Waals surface area contributed by atoms with Gasteiger partial charge in [-0.3, -0.25) is 4.79 Å². The fourth-order valence-corrected chi connectivity index (χ4v) is 3.59. The molecule has 2 fully saturated rings. The van der Waals surface area contributed by atoms with Crippen LogP contribution in [0, 0.1) is 11.8 Å². The van der Waals surface area contributed by atoms with Crippen LogP contribution in [0.15, 0.2) is 18.2 Å². The van der Waals surface area contributed by atoms with Crippen molar-refractivity contribution >= 4 is 23.0 Å². The van der Waals surface area contributed by atoms with Crippen LogP contribution < -0.4 is 0 Å². The number of methoxy groups -OCH3 is 1. The summed E-state index contributed by atoms with van der Waals surface area (Å²) in [6.45, 7) is 2.66. The van der Waals surface area contributed by atoms with Crippen molar-refractivity contribution in [1.29, 1.82) is 0 Å². The van der Waals surface area contributed by atoms with E-state index in [9.17, 15) is 9.59 Å². The number of benzene rings is 1. The van der Waals surface area contributed by atoms with Crippen LogP contribution in [0.5, 0.6) is 0 Å². The predicted molar refractivity (Wildman–Crippen MR) is 80.8 cm³/mol. The first-order chi connectivity index (χ1) is 11.2. The van der Waals surface area contributed by atoms with E-state index in [0.717, 1.165) is 5.52 Å².